The first-order chi connectivity index (χ1) is 11.8. The van der Waals surface area contributed by atoms with Gasteiger partial charge in [0.2, 0.25) is 0 Å². The summed E-state index contributed by atoms with van der Waals surface area (Å²) in [4.78, 5) is 6.85. The minimum absolute atomic E-state index is 0.622. The Morgan fingerprint density at radius 1 is 1.21 bits per heavy atom. The van der Waals surface area contributed by atoms with Gasteiger partial charge in [-0.15, -0.1) is 10.2 Å². The van der Waals surface area contributed by atoms with E-state index in [-0.39, 0.29) is 0 Å². The van der Waals surface area contributed by atoms with Crippen LogP contribution in [0.5, 0.6) is 0 Å². The molecule has 3 aromatic rings. The molecule has 24 heavy (non-hydrogen) atoms. The summed E-state index contributed by atoms with van der Waals surface area (Å²) in [6, 6.07) is 11.7. The second-order valence-electron chi connectivity index (χ2n) is 5.91. The fraction of sp³-hybridized carbons (Fsp3) is 0.235. The lowest BCUT2D eigenvalue weighted by Crippen LogP contribution is -2.43. The van der Waals surface area contributed by atoms with E-state index in [4.69, 9.17) is 16.3 Å². The van der Waals surface area contributed by atoms with E-state index in [0.29, 0.717) is 18.2 Å². The van der Waals surface area contributed by atoms with Gasteiger partial charge in [-0.25, -0.2) is 0 Å². The van der Waals surface area contributed by atoms with Crippen molar-refractivity contribution in [2.45, 2.75) is 12.3 Å². The Balaban J connectivity index is 1.86. The van der Waals surface area contributed by atoms with Gasteiger partial charge in [-0.2, -0.15) is 0 Å². The van der Waals surface area contributed by atoms with Gasteiger partial charge in [-0.05, 0) is 30.3 Å². The first-order valence-corrected chi connectivity index (χ1v) is 8.17. The quantitative estimate of drug-likeness (QED) is 0.681. The first kappa shape index (κ1) is 14.1. The molecule has 1 fully saturated rings. The number of aromatic nitrogens is 4. The molecule has 0 saturated carbocycles. The van der Waals surface area contributed by atoms with Gasteiger partial charge >= 0.3 is 0 Å². The zero-order valence-corrected chi connectivity index (χ0v) is 13.5. The maximum atomic E-state index is 6.34. The first-order valence-electron chi connectivity index (χ1n) is 7.79. The normalized spacial score (nSPS) is 22.5. The van der Waals surface area contributed by atoms with Crippen LogP contribution in [0, 0.1) is 0 Å². The lowest BCUT2D eigenvalue weighted by molar-refractivity contribution is -0.0586. The molecule has 1 saturated heterocycles. The molecule has 2 aromatic heterocycles. The summed E-state index contributed by atoms with van der Waals surface area (Å²) >= 11 is 6.34. The number of ether oxygens (including phenoxy) is 1. The van der Waals surface area contributed by atoms with Gasteiger partial charge in [0.1, 0.15) is 6.33 Å². The van der Waals surface area contributed by atoms with Crippen molar-refractivity contribution < 1.29 is 4.74 Å². The van der Waals surface area contributed by atoms with E-state index < -0.39 is 5.72 Å². The molecular formula is C17H14ClN5O. The van der Waals surface area contributed by atoms with E-state index >= 15 is 0 Å². The molecule has 0 aliphatic carbocycles. The smallest absolute Gasteiger partial charge is 0.193 e. The number of hydrogen-bond acceptors (Lipinski definition) is 5. The average molecular weight is 340 g/mol. The summed E-state index contributed by atoms with van der Waals surface area (Å²) in [5, 5.41) is 9.02. The molecule has 0 spiro atoms. The molecule has 5 rings (SSSR count). The minimum atomic E-state index is -0.762. The molecular weight excluding hydrogens is 326 g/mol. The molecule has 0 radical (unpaired) electrons. The molecule has 1 unspecified atom stereocenters. The zero-order chi connectivity index (χ0) is 16.1. The van der Waals surface area contributed by atoms with Crippen LogP contribution >= 0.6 is 11.6 Å². The third kappa shape index (κ3) is 1.81. The lowest BCUT2D eigenvalue weighted by Gasteiger charge is -2.35. The summed E-state index contributed by atoms with van der Waals surface area (Å²) in [7, 11) is 0. The largest absolute Gasteiger partial charge is 0.349 e. The van der Waals surface area contributed by atoms with Crippen molar-refractivity contribution in [3.63, 3.8) is 0 Å². The number of fused-ring (bicyclic) bond motifs is 5. The van der Waals surface area contributed by atoms with Gasteiger partial charge < -0.3 is 4.74 Å². The predicted molar refractivity (Wildman–Crippen MR) is 87.7 cm³/mol. The van der Waals surface area contributed by atoms with Crippen molar-refractivity contribution in [1.29, 1.82) is 0 Å². The average Bonchev–Trinajstić information content (AvgIpc) is 3.22. The third-order valence-electron chi connectivity index (χ3n) is 4.66. The van der Waals surface area contributed by atoms with E-state index in [1.165, 1.54) is 0 Å². The van der Waals surface area contributed by atoms with Crippen LogP contribution in [0.1, 0.15) is 17.1 Å². The Hall–Kier alpha value is -2.28. The summed E-state index contributed by atoms with van der Waals surface area (Å²) < 4.78 is 8.33. The van der Waals surface area contributed by atoms with E-state index in [0.717, 1.165) is 29.3 Å². The van der Waals surface area contributed by atoms with Gasteiger partial charge in [0, 0.05) is 23.3 Å². The van der Waals surface area contributed by atoms with Crippen LogP contribution in [-0.2, 0) is 17.0 Å². The monoisotopic (exact) mass is 339 g/mol. The molecule has 0 N–H and O–H groups in total. The van der Waals surface area contributed by atoms with Crippen LogP contribution in [0.25, 0.3) is 5.69 Å². The summed E-state index contributed by atoms with van der Waals surface area (Å²) in [6.45, 7) is 2.04. The molecule has 2 aliphatic heterocycles. The highest BCUT2D eigenvalue weighted by Crippen LogP contribution is 2.45. The van der Waals surface area contributed by atoms with Crippen LogP contribution in [0.4, 0.5) is 0 Å². The zero-order valence-electron chi connectivity index (χ0n) is 12.8. The summed E-state index contributed by atoms with van der Waals surface area (Å²) in [5.41, 5.74) is 2.02. The van der Waals surface area contributed by atoms with E-state index in [1.807, 2.05) is 41.0 Å². The van der Waals surface area contributed by atoms with Gasteiger partial charge in [0.25, 0.3) is 0 Å². The van der Waals surface area contributed by atoms with E-state index in [9.17, 15) is 0 Å². The molecule has 2 aliphatic rings. The molecule has 0 bridgehead atoms. The highest BCUT2D eigenvalue weighted by atomic mass is 35.5. The van der Waals surface area contributed by atoms with Crippen LogP contribution in [-0.4, -0.2) is 37.8 Å². The Morgan fingerprint density at radius 2 is 2.17 bits per heavy atom. The van der Waals surface area contributed by atoms with Gasteiger partial charge in [-0.1, -0.05) is 17.7 Å². The second kappa shape index (κ2) is 5.11. The Bertz CT molecular complexity index is 912. The van der Waals surface area contributed by atoms with Gasteiger partial charge in [0.05, 0.1) is 24.5 Å². The van der Waals surface area contributed by atoms with Crippen LogP contribution in [0.15, 0.2) is 48.9 Å². The van der Waals surface area contributed by atoms with Crippen molar-refractivity contribution in [2.75, 3.05) is 13.2 Å². The van der Waals surface area contributed by atoms with Crippen molar-refractivity contribution in [2.24, 2.45) is 0 Å². The topological polar surface area (TPSA) is 56.1 Å². The number of hydrogen-bond donors (Lipinski definition) is 0. The molecule has 7 heteroatoms. The van der Waals surface area contributed by atoms with Crippen molar-refractivity contribution in [3.05, 3.63) is 71.0 Å². The number of halogens is 1. The molecule has 0 amide bonds. The van der Waals surface area contributed by atoms with Crippen LogP contribution in [0.3, 0.4) is 0 Å². The maximum absolute atomic E-state index is 6.34. The van der Waals surface area contributed by atoms with Gasteiger partial charge in [0.15, 0.2) is 11.5 Å². The van der Waals surface area contributed by atoms with Gasteiger partial charge in [-0.3, -0.25) is 14.5 Å². The Morgan fingerprint density at radius 3 is 3.04 bits per heavy atom. The molecule has 6 nitrogen and oxygen atoms in total. The molecule has 4 heterocycles. The van der Waals surface area contributed by atoms with Crippen LogP contribution in [0.2, 0.25) is 5.02 Å². The number of benzene rings is 1. The lowest BCUT2D eigenvalue weighted by atomic mass is 9.95. The predicted octanol–water partition coefficient (Wildman–Crippen LogP) is 2.36. The Kier molecular flexibility index (Phi) is 3.00. The summed E-state index contributed by atoms with van der Waals surface area (Å²) in [5.74, 6) is 0.877. The van der Waals surface area contributed by atoms with E-state index in [2.05, 4.69) is 20.1 Å². The number of rotatable bonds is 1. The van der Waals surface area contributed by atoms with Crippen molar-refractivity contribution in [3.8, 4) is 5.69 Å². The molecule has 120 valence electrons. The highest BCUT2D eigenvalue weighted by Gasteiger charge is 2.50. The SMILES string of the molecule is Clc1ccc2c(c1)C1(c3ccccn3)OCCN1Cc1nncn1-2. The number of nitrogens with zero attached hydrogens (tertiary/aromatic N) is 5. The molecule has 1 aromatic carbocycles. The maximum Gasteiger partial charge on any atom is 0.193 e. The fourth-order valence-corrected chi connectivity index (χ4v) is 3.83. The standard InChI is InChI=1S/C17H14ClN5O/c18-12-4-5-14-13(9-12)17(15-3-1-2-6-19-15)22(7-8-24-17)10-16-21-20-11-23(14)16/h1-6,9,11H,7-8,10H2. The fourth-order valence-electron chi connectivity index (χ4n) is 3.66. The van der Waals surface area contributed by atoms with E-state index in [1.54, 1.807) is 12.5 Å². The second-order valence-corrected chi connectivity index (χ2v) is 6.34. The number of pyridine rings is 1. The Labute approximate surface area is 143 Å². The summed E-state index contributed by atoms with van der Waals surface area (Å²) in [6.07, 6.45) is 3.52. The molecule has 1 atom stereocenters. The minimum Gasteiger partial charge on any atom is -0.349 e. The van der Waals surface area contributed by atoms with Crippen molar-refractivity contribution >= 4 is 11.6 Å². The highest BCUT2D eigenvalue weighted by molar-refractivity contribution is 6.30. The third-order valence-corrected chi connectivity index (χ3v) is 4.90. The van der Waals surface area contributed by atoms with Crippen molar-refractivity contribution in [1.82, 2.24) is 24.6 Å². The van der Waals surface area contributed by atoms with Crippen LogP contribution < -0.4 is 0 Å².